The quantitative estimate of drug-likeness (QED) is 0.541. The van der Waals surface area contributed by atoms with Crippen molar-refractivity contribution >= 4 is 39.6 Å². The van der Waals surface area contributed by atoms with Crippen LogP contribution in [0.4, 0.5) is 5.69 Å². The number of amides is 2. The second-order valence-electron chi connectivity index (χ2n) is 4.88. The van der Waals surface area contributed by atoms with E-state index in [2.05, 4.69) is 31.8 Å². The van der Waals surface area contributed by atoms with Crippen molar-refractivity contribution in [2.75, 3.05) is 5.32 Å². The maximum absolute atomic E-state index is 12.0. The van der Waals surface area contributed by atoms with E-state index < -0.39 is 5.91 Å². The molecule has 24 heavy (non-hydrogen) atoms. The van der Waals surface area contributed by atoms with Crippen molar-refractivity contribution in [3.8, 4) is 5.75 Å². The molecular weight excluding hydrogens is 374 g/mol. The average molecular weight is 390 g/mol. The minimum atomic E-state index is -0.394. The highest BCUT2D eigenvalue weighted by atomic mass is 79.9. The molecule has 0 heterocycles. The van der Waals surface area contributed by atoms with Gasteiger partial charge >= 0.3 is 0 Å². The third-order valence-corrected chi connectivity index (χ3v) is 3.60. The van der Waals surface area contributed by atoms with Crippen LogP contribution in [0.3, 0.4) is 0 Å². The van der Waals surface area contributed by atoms with Gasteiger partial charge in [-0.1, -0.05) is 22.9 Å². The fourth-order valence-electron chi connectivity index (χ4n) is 1.81. The highest BCUT2D eigenvalue weighted by molar-refractivity contribution is 9.10. The summed E-state index contributed by atoms with van der Waals surface area (Å²) in [6.07, 6.45) is 1.74. The number of phenolic OH excluding ortho intramolecular Hbond substituents is 1. The smallest absolute Gasteiger partial charge is 0.271 e. The third-order valence-electron chi connectivity index (χ3n) is 3.11. The highest BCUT2D eigenvalue weighted by Crippen LogP contribution is 2.19. The SMILES string of the molecule is CCC(=O)Nc1ccc(C(=O)N/N=C/c2cc(Br)ccc2O)cc1. The maximum Gasteiger partial charge on any atom is 0.271 e. The summed E-state index contributed by atoms with van der Waals surface area (Å²) in [6.45, 7) is 1.76. The molecule has 124 valence electrons. The molecule has 2 rings (SSSR count). The largest absolute Gasteiger partial charge is 0.507 e. The lowest BCUT2D eigenvalue weighted by Gasteiger charge is -2.05. The molecule has 0 aliphatic rings. The summed E-state index contributed by atoms with van der Waals surface area (Å²) >= 11 is 3.29. The summed E-state index contributed by atoms with van der Waals surface area (Å²) in [6, 6.07) is 11.4. The van der Waals surface area contributed by atoms with E-state index in [0.29, 0.717) is 23.2 Å². The Bertz CT molecular complexity index is 773. The molecule has 0 saturated carbocycles. The number of halogens is 1. The van der Waals surface area contributed by atoms with Crippen molar-refractivity contribution in [2.45, 2.75) is 13.3 Å². The zero-order chi connectivity index (χ0) is 17.5. The molecule has 0 radical (unpaired) electrons. The molecule has 7 heteroatoms. The molecule has 0 bridgehead atoms. The van der Waals surface area contributed by atoms with Crippen LogP contribution in [0.1, 0.15) is 29.3 Å². The van der Waals surface area contributed by atoms with E-state index in [4.69, 9.17) is 0 Å². The van der Waals surface area contributed by atoms with Crippen LogP contribution in [0.5, 0.6) is 5.75 Å². The first-order chi connectivity index (χ1) is 11.5. The van der Waals surface area contributed by atoms with Crippen LogP contribution in [-0.4, -0.2) is 23.1 Å². The predicted octanol–water partition coefficient (Wildman–Crippen LogP) is 3.27. The van der Waals surface area contributed by atoms with Crippen LogP contribution >= 0.6 is 15.9 Å². The van der Waals surface area contributed by atoms with Gasteiger partial charge in [0.1, 0.15) is 5.75 Å². The van der Waals surface area contributed by atoms with Crippen molar-refractivity contribution in [1.29, 1.82) is 0 Å². The number of hydrogen-bond donors (Lipinski definition) is 3. The molecule has 0 aliphatic heterocycles. The van der Waals surface area contributed by atoms with E-state index in [1.54, 1.807) is 43.3 Å². The summed E-state index contributed by atoms with van der Waals surface area (Å²) in [5.41, 5.74) is 3.89. The Labute approximate surface area is 147 Å². The van der Waals surface area contributed by atoms with Gasteiger partial charge in [0.15, 0.2) is 0 Å². The summed E-state index contributed by atoms with van der Waals surface area (Å²) < 4.78 is 0.790. The van der Waals surface area contributed by atoms with Crippen LogP contribution < -0.4 is 10.7 Å². The lowest BCUT2D eigenvalue weighted by molar-refractivity contribution is -0.115. The Balaban J connectivity index is 1.98. The van der Waals surface area contributed by atoms with Crippen molar-refractivity contribution in [3.05, 3.63) is 58.1 Å². The first kappa shape index (κ1) is 17.7. The van der Waals surface area contributed by atoms with Crippen molar-refractivity contribution in [3.63, 3.8) is 0 Å². The zero-order valence-electron chi connectivity index (χ0n) is 12.9. The Morgan fingerprint density at radius 1 is 1.21 bits per heavy atom. The Hall–Kier alpha value is -2.67. The number of aromatic hydroxyl groups is 1. The second kappa shape index (κ2) is 8.26. The summed E-state index contributed by atoms with van der Waals surface area (Å²) in [5, 5.41) is 16.2. The van der Waals surface area contributed by atoms with Gasteiger partial charge in [-0.15, -0.1) is 0 Å². The number of hydrazone groups is 1. The average Bonchev–Trinajstić information content (AvgIpc) is 2.58. The van der Waals surface area contributed by atoms with Gasteiger partial charge in [-0.2, -0.15) is 5.10 Å². The molecule has 0 fully saturated rings. The van der Waals surface area contributed by atoms with E-state index in [1.165, 1.54) is 12.3 Å². The van der Waals surface area contributed by atoms with Gasteiger partial charge < -0.3 is 10.4 Å². The molecule has 0 unspecified atom stereocenters. The summed E-state index contributed by atoms with van der Waals surface area (Å²) in [5.74, 6) is -0.424. The van der Waals surface area contributed by atoms with E-state index in [0.717, 1.165) is 4.47 Å². The lowest BCUT2D eigenvalue weighted by Crippen LogP contribution is -2.17. The van der Waals surface area contributed by atoms with E-state index in [9.17, 15) is 14.7 Å². The van der Waals surface area contributed by atoms with Crippen LogP contribution in [0.2, 0.25) is 0 Å². The zero-order valence-corrected chi connectivity index (χ0v) is 14.5. The van der Waals surface area contributed by atoms with Crippen LogP contribution in [0.15, 0.2) is 52.0 Å². The van der Waals surface area contributed by atoms with Crippen LogP contribution in [0, 0.1) is 0 Å². The number of carbonyl (C=O) groups is 2. The molecule has 0 aromatic heterocycles. The first-order valence-corrected chi connectivity index (χ1v) is 8.00. The van der Waals surface area contributed by atoms with E-state index in [1.807, 2.05) is 0 Å². The minimum absolute atomic E-state index is 0.0622. The van der Waals surface area contributed by atoms with E-state index >= 15 is 0 Å². The Morgan fingerprint density at radius 3 is 2.58 bits per heavy atom. The normalized spacial score (nSPS) is 10.6. The molecule has 2 aromatic carbocycles. The topological polar surface area (TPSA) is 90.8 Å². The number of carbonyl (C=O) groups excluding carboxylic acids is 2. The highest BCUT2D eigenvalue weighted by Gasteiger charge is 2.05. The molecule has 0 spiro atoms. The minimum Gasteiger partial charge on any atom is -0.507 e. The third kappa shape index (κ3) is 4.92. The molecule has 0 saturated heterocycles. The number of nitrogens with zero attached hydrogens (tertiary/aromatic N) is 1. The summed E-state index contributed by atoms with van der Waals surface area (Å²) in [7, 11) is 0. The van der Waals surface area contributed by atoms with Gasteiger partial charge in [-0.25, -0.2) is 5.43 Å². The van der Waals surface area contributed by atoms with Crippen molar-refractivity contribution in [1.82, 2.24) is 5.43 Å². The van der Waals surface area contributed by atoms with Crippen LogP contribution in [-0.2, 0) is 4.79 Å². The van der Waals surface area contributed by atoms with Gasteiger partial charge in [0.25, 0.3) is 5.91 Å². The maximum atomic E-state index is 12.0. The predicted molar refractivity (Wildman–Crippen MR) is 96.2 cm³/mol. The first-order valence-electron chi connectivity index (χ1n) is 7.21. The lowest BCUT2D eigenvalue weighted by atomic mass is 10.2. The number of benzene rings is 2. The molecule has 0 aliphatic carbocycles. The second-order valence-corrected chi connectivity index (χ2v) is 5.80. The standard InChI is InChI=1S/C17H16BrN3O3/c1-2-16(23)20-14-6-3-11(4-7-14)17(24)21-19-10-12-9-13(18)5-8-15(12)22/h3-10,22H,2H2,1H3,(H,20,23)(H,21,24)/b19-10+. The van der Waals surface area contributed by atoms with Gasteiger partial charge in [-0.3, -0.25) is 9.59 Å². The fraction of sp³-hybridized carbons (Fsp3) is 0.118. The number of rotatable bonds is 5. The van der Waals surface area contributed by atoms with Crippen LogP contribution in [0.25, 0.3) is 0 Å². The number of phenols is 1. The molecule has 3 N–H and O–H groups in total. The molecule has 2 amide bonds. The van der Waals surface area contributed by atoms with E-state index in [-0.39, 0.29) is 11.7 Å². The van der Waals surface area contributed by atoms with Crippen molar-refractivity contribution in [2.24, 2.45) is 5.10 Å². The molecule has 6 nitrogen and oxygen atoms in total. The van der Waals surface area contributed by atoms with Gasteiger partial charge in [0.2, 0.25) is 5.91 Å². The molecular formula is C17H16BrN3O3. The van der Waals surface area contributed by atoms with Gasteiger partial charge in [0.05, 0.1) is 6.21 Å². The molecule has 0 atom stereocenters. The number of anilines is 1. The monoisotopic (exact) mass is 389 g/mol. The Kier molecular flexibility index (Phi) is 6.08. The molecule has 2 aromatic rings. The van der Waals surface area contributed by atoms with Gasteiger partial charge in [-0.05, 0) is 42.5 Å². The Morgan fingerprint density at radius 2 is 1.92 bits per heavy atom. The van der Waals surface area contributed by atoms with Crippen molar-refractivity contribution < 1.29 is 14.7 Å². The van der Waals surface area contributed by atoms with Gasteiger partial charge in [0, 0.05) is 27.7 Å². The number of nitrogens with one attached hydrogen (secondary N) is 2. The number of hydrogen-bond acceptors (Lipinski definition) is 4. The fourth-order valence-corrected chi connectivity index (χ4v) is 2.19. The summed E-state index contributed by atoms with van der Waals surface area (Å²) in [4.78, 5) is 23.3.